The van der Waals surface area contributed by atoms with Crippen molar-refractivity contribution in [3.05, 3.63) is 42.9 Å². The molecule has 4 rings (SSSR count). The van der Waals surface area contributed by atoms with Crippen molar-refractivity contribution in [3.63, 3.8) is 0 Å². The Morgan fingerprint density at radius 2 is 1.92 bits per heavy atom. The maximum atomic E-state index is 5.46. The summed E-state index contributed by atoms with van der Waals surface area (Å²) >= 11 is 0. The first-order valence-electron chi connectivity index (χ1n) is 8.83. The molecule has 25 heavy (non-hydrogen) atoms. The van der Waals surface area contributed by atoms with Crippen LogP contribution in [0.4, 0.5) is 5.82 Å². The SMILES string of the molecule is c1ccc(-c2noc(-c3cncnc3NCC3CCCCC3)n2)cc1. The van der Waals surface area contributed by atoms with Crippen molar-refractivity contribution in [2.75, 3.05) is 11.9 Å². The molecule has 0 saturated heterocycles. The number of hydrogen-bond donors (Lipinski definition) is 1. The highest BCUT2D eigenvalue weighted by molar-refractivity contribution is 5.69. The number of nitrogens with zero attached hydrogens (tertiary/aromatic N) is 4. The zero-order valence-electron chi connectivity index (χ0n) is 14.1. The van der Waals surface area contributed by atoms with Gasteiger partial charge in [0.05, 0.1) is 0 Å². The van der Waals surface area contributed by atoms with Crippen LogP contribution < -0.4 is 5.32 Å². The van der Waals surface area contributed by atoms with Crippen molar-refractivity contribution in [2.24, 2.45) is 5.92 Å². The van der Waals surface area contributed by atoms with Gasteiger partial charge in [0.25, 0.3) is 5.89 Å². The van der Waals surface area contributed by atoms with Crippen LogP contribution in [0.25, 0.3) is 22.8 Å². The minimum absolute atomic E-state index is 0.436. The first-order chi connectivity index (χ1) is 12.4. The summed E-state index contributed by atoms with van der Waals surface area (Å²) in [6.07, 6.45) is 9.84. The van der Waals surface area contributed by atoms with Gasteiger partial charge in [0.2, 0.25) is 5.82 Å². The molecular weight excluding hydrogens is 314 g/mol. The fourth-order valence-electron chi connectivity index (χ4n) is 3.30. The molecule has 2 aromatic heterocycles. The highest BCUT2D eigenvalue weighted by Gasteiger charge is 2.17. The van der Waals surface area contributed by atoms with Gasteiger partial charge in [-0.15, -0.1) is 0 Å². The van der Waals surface area contributed by atoms with E-state index in [9.17, 15) is 0 Å². The number of benzene rings is 1. The molecule has 0 bridgehead atoms. The van der Waals surface area contributed by atoms with Gasteiger partial charge in [0.15, 0.2) is 0 Å². The van der Waals surface area contributed by atoms with E-state index in [1.54, 1.807) is 12.5 Å². The quantitative estimate of drug-likeness (QED) is 0.753. The number of hydrogen-bond acceptors (Lipinski definition) is 6. The lowest BCUT2D eigenvalue weighted by Crippen LogP contribution is -2.18. The number of anilines is 1. The zero-order chi connectivity index (χ0) is 16.9. The minimum Gasteiger partial charge on any atom is -0.369 e. The van der Waals surface area contributed by atoms with Crippen LogP contribution in [0.15, 0.2) is 47.4 Å². The number of aromatic nitrogens is 4. The molecule has 0 amide bonds. The number of rotatable bonds is 5. The Hall–Kier alpha value is -2.76. The van der Waals surface area contributed by atoms with Gasteiger partial charge in [-0.2, -0.15) is 4.98 Å². The molecule has 1 aliphatic rings. The Kier molecular flexibility index (Phi) is 4.68. The van der Waals surface area contributed by atoms with E-state index >= 15 is 0 Å². The van der Waals surface area contributed by atoms with E-state index in [0.717, 1.165) is 23.5 Å². The molecule has 0 radical (unpaired) electrons. The molecule has 3 aromatic rings. The third-order valence-corrected chi connectivity index (χ3v) is 4.68. The maximum Gasteiger partial charge on any atom is 0.263 e. The molecule has 0 atom stereocenters. The van der Waals surface area contributed by atoms with Gasteiger partial charge in [-0.05, 0) is 18.8 Å². The molecule has 6 heteroatoms. The van der Waals surface area contributed by atoms with Crippen LogP contribution in [-0.4, -0.2) is 26.7 Å². The van der Waals surface area contributed by atoms with Crippen LogP contribution in [0.1, 0.15) is 32.1 Å². The Labute approximate surface area is 146 Å². The second kappa shape index (κ2) is 7.42. The van der Waals surface area contributed by atoms with E-state index in [2.05, 4.69) is 25.4 Å². The van der Waals surface area contributed by atoms with Crippen LogP contribution in [0.2, 0.25) is 0 Å². The highest BCUT2D eigenvalue weighted by Crippen LogP contribution is 2.28. The molecular formula is C19H21N5O. The Balaban J connectivity index is 1.53. The molecule has 2 heterocycles. The largest absolute Gasteiger partial charge is 0.369 e. The fourth-order valence-corrected chi connectivity index (χ4v) is 3.30. The predicted molar refractivity (Wildman–Crippen MR) is 95.8 cm³/mol. The number of nitrogens with one attached hydrogen (secondary N) is 1. The van der Waals surface area contributed by atoms with Gasteiger partial charge in [-0.25, -0.2) is 9.97 Å². The van der Waals surface area contributed by atoms with Gasteiger partial charge in [-0.1, -0.05) is 54.8 Å². The minimum atomic E-state index is 0.436. The molecule has 1 N–H and O–H groups in total. The highest BCUT2D eigenvalue weighted by atomic mass is 16.5. The van der Waals surface area contributed by atoms with Gasteiger partial charge in [-0.3, -0.25) is 0 Å². The third kappa shape index (κ3) is 3.68. The molecule has 1 aliphatic carbocycles. The summed E-state index contributed by atoms with van der Waals surface area (Å²) in [7, 11) is 0. The molecule has 1 saturated carbocycles. The molecule has 0 aliphatic heterocycles. The van der Waals surface area contributed by atoms with Crippen molar-refractivity contribution >= 4 is 5.82 Å². The topological polar surface area (TPSA) is 76.7 Å². The Morgan fingerprint density at radius 3 is 2.76 bits per heavy atom. The van der Waals surface area contributed by atoms with Crippen molar-refractivity contribution in [3.8, 4) is 22.8 Å². The predicted octanol–water partition coefficient (Wildman–Crippen LogP) is 4.19. The summed E-state index contributed by atoms with van der Waals surface area (Å²) in [5, 5.41) is 7.54. The third-order valence-electron chi connectivity index (χ3n) is 4.68. The molecule has 1 fully saturated rings. The van der Waals surface area contributed by atoms with E-state index in [-0.39, 0.29) is 0 Å². The lowest BCUT2D eigenvalue weighted by molar-refractivity contribution is 0.373. The molecule has 6 nitrogen and oxygen atoms in total. The summed E-state index contributed by atoms with van der Waals surface area (Å²) in [4.78, 5) is 13.0. The van der Waals surface area contributed by atoms with E-state index in [4.69, 9.17) is 4.52 Å². The Morgan fingerprint density at radius 1 is 1.08 bits per heavy atom. The summed E-state index contributed by atoms with van der Waals surface area (Å²) in [5.41, 5.74) is 1.67. The smallest absolute Gasteiger partial charge is 0.263 e. The summed E-state index contributed by atoms with van der Waals surface area (Å²) < 4.78 is 5.46. The van der Waals surface area contributed by atoms with Gasteiger partial charge < -0.3 is 9.84 Å². The van der Waals surface area contributed by atoms with Crippen LogP contribution in [-0.2, 0) is 0 Å². The first-order valence-corrected chi connectivity index (χ1v) is 8.83. The van der Waals surface area contributed by atoms with E-state index in [1.807, 2.05) is 30.3 Å². The van der Waals surface area contributed by atoms with Crippen molar-refractivity contribution in [1.29, 1.82) is 0 Å². The second-order valence-electron chi connectivity index (χ2n) is 6.46. The van der Waals surface area contributed by atoms with Crippen LogP contribution in [0, 0.1) is 5.92 Å². The van der Waals surface area contributed by atoms with Crippen LogP contribution in [0.3, 0.4) is 0 Å². The van der Waals surface area contributed by atoms with E-state index < -0.39 is 0 Å². The zero-order valence-corrected chi connectivity index (χ0v) is 14.1. The van der Waals surface area contributed by atoms with Crippen molar-refractivity contribution in [2.45, 2.75) is 32.1 Å². The lowest BCUT2D eigenvalue weighted by atomic mass is 9.89. The summed E-state index contributed by atoms with van der Waals surface area (Å²) in [5.74, 6) is 2.46. The summed E-state index contributed by atoms with van der Waals surface area (Å²) in [6, 6.07) is 9.78. The van der Waals surface area contributed by atoms with E-state index in [1.165, 1.54) is 32.1 Å². The molecule has 0 spiro atoms. The van der Waals surface area contributed by atoms with Crippen molar-refractivity contribution in [1.82, 2.24) is 20.1 Å². The van der Waals surface area contributed by atoms with E-state index in [0.29, 0.717) is 17.6 Å². The van der Waals surface area contributed by atoms with Crippen LogP contribution >= 0.6 is 0 Å². The second-order valence-corrected chi connectivity index (χ2v) is 6.46. The van der Waals surface area contributed by atoms with Gasteiger partial charge >= 0.3 is 0 Å². The van der Waals surface area contributed by atoms with Crippen LogP contribution in [0.5, 0.6) is 0 Å². The maximum absolute atomic E-state index is 5.46. The average molecular weight is 335 g/mol. The summed E-state index contributed by atoms with van der Waals surface area (Å²) in [6.45, 7) is 0.920. The van der Waals surface area contributed by atoms with Gasteiger partial charge in [0.1, 0.15) is 17.7 Å². The lowest BCUT2D eigenvalue weighted by Gasteiger charge is -2.22. The van der Waals surface area contributed by atoms with Gasteiger partial charge in [0, 0.05) is 18.3 Å². The average Bonchev–Trinajstić information content (AvgIpc) is 3.18. The first kappa shape index (κ1) is 15.7. The van der Waals surface area contributed by atoms with Crippen molar-refractivity contribution < 1.29 is 4.52 Å². The normalized spacial score (nSPS) is 15.2. The standard InChI is InChI=1S/C19H21N5O/c1-3-7-14(8-4-1)11-21-18-16(12-20-13-22-18)19-23-17(24-25-19)15-9-5-2-6-10-15/h2,5-6,9-10,12-14H,1,3-4,7-8,11H2,(H,20,21,22). The Bertz CT molecular complexity index is 811. The fraction of sp³-hybridized carbons (Fsp3) is 0.368. The molecule has 0 unspecified atom stereocenters. The molecule has 1 aromatic carbocycles. The molecule has 128 valence electrons. The monoisotopic (exact) mass is 335 g/mol.